The Morgan fingerprint density at radius 3 is 2.51 bits per heavy atom. The summed E-state index contributed by atoms with van der Waals surface area (Å²) in [6, 6.07) is 20.2. The summed E-state index contributed by atoms with van der Waals surface area (Å²) in [7, 11) is 0. The molecule has 0 spiro atoms. The molecule has 300 valence electrons. The second-order valence-electron chi connectivity index (χ2n) is 15.2. The van der Waals surface area contributed by atoms with Gasteiger partial charge in [-0.05, 0) is 105 Å². The fraction of sp³-hybridized carbons (Fsp3) is 0.422. The predicted molar refractivity (Wildman–Crippen MR) is 222 cm³/mol. The van der Waals surface area contributed by atoms with Crippen LogP contribution in [0.4, 0.5) is 10.1 Å². The average Bonchev–Trinajstić information content (AvgIpc) is 3.67. The van der Waals surface area contributed by atoms with Crippen LogP contribution in [0.25, 0.3) is 22.2 Å². The molecule has 12 heteroatoms. The van der Waals surface area contributed by atoms with Crippen molar-refractivity contribution in [2.45, 2.75) is 91.1 Å². The van der Waals surface area contributed by atoms with Crippen LogP contribution < -0.4 is 16.4 Å². The van der Waals surface area contributed by atoms with Gasteiger partial charge in [0.1, 0.15) is 5.82 Å². The highest BCUT2D eigenvalue weighted by Gasteiger charge is 2.26. The zero-order valence-electron chi connectivity index (χ0n) is 33.4. The third-order valence-electron chi connectivity index (χ3n) is 11.4. The Morgan fingerprint density at radius 1 is 0.930 bits per heavy atom. The minimum Gasteiger partial charge on any atom is -0.381 e. The van der Waals surface area contributed by atoms with Crippen LogP contribution >= 0.6 is 0 Å². The lowest BCUT2D eigenvalue weighted by Crippen LogP contribution is -2.45. The highest BCUT2D eigenvalue weighted by Crippen LogP contribution is 2.34. The van der Waals surface area contributed by atoms with Gasteiger partial charge in [-0.1, -0.05) is 44.2 Å². The summed E-state index contributed by atoms with van der Waals surface area (Å²) in [4.78, 5) is 36.2. The summed E-state index contributed by atoms with van der Waals surface area (Å²) in [5, 5.41) is 13.1. The van der Waals surface area contributed by atoms with Crippen LogP contribution in [-0.2, 0) is 37.3 Å². The molecule has 7 rings (SSSR count). The van der Waals surface area contributed by atoms with Crippen LogP contribution in [0, 0.1) is 5.82 Å². The number of piperidine rings is 1. The van der Waals surface area contributed by atoms with Crippen LogP contribution in [0.1, 0.15) is 89.6 Å². The van der Waals surface area contributed by atoms with Crippen LogP contribution in [0.5, 0.6) is 0 Å². The first-order valence-electron chi connectivity index (χ1n) is 20.5. The molecule has 2 amide bonds. The number of halogens is 1. The number of pyridine rings is 1. The first-order chi connectivity index (χ1) is 27.7. The van der Waals surface area contributed by atoms with E-state index in [1.54, 1.807) is 29.2 Å². The highest BCUT2D eigenvalue weighted by molar-refractivity contribution is 5.99. The maximum atomic E-state index is 15.7. The van der Waals surface area contributed by atoms with Crippen molar-refractivity contribution in [2.24, 2.45) is 5.73 Å². The van der Waals surface area contributed by atoms with Crippen molar-refractivity contribution < 1.29 is 18.7 Å². The third-order valence-corrected chi connectivity index (χ3v) is 11.4. The van der Waals surface area contributed by atoms with E-state index in [-0.39, 0.29) is 36.4 Å². The average molecular weight is 775 g/mol. The number of nitrogens with two attached hydrogens (primary N) is 1. The quantitative estimate of drug-likeness (QED) is 0.105. The zero-order chi connectivity index (χ0) is 39.9. The number of carbonyl (C=O) groups is 2. The highest BCUT2D eigenvalue weighted by atomic mass is 19.1. The predicted octanol–water partition coefficient (Wildman–Crippen LogP) is 6.93. The Labute approximate surface area is 334 Å². The fourth-order valence-corrected chi connectivity index (χ4v) is 8.19. The van der Waals surface area contributed by atoms with E-state index in [2.05, 4.69) is 40.5 Å². The Bertz CT molecular complexity index is 2200. The van der Waals surface area contributed by atoms with Crippen molar-refractivity contribution in [1.82, 2.24) is 29.9 Å². The molecular formula is C45H55FN8O3. The Morgan fingerprint density at radius 2 is 1.74 bits per heavy atom. The molecule has 5 aromatic rings. The Hall–Kier alpha value is -5.17. The van der Waals surface area contributed by atoms with E-state index in [0.29, 0.717) is 49.9 Å². The normalized spacial score (nSPS) is 16.5. The van der Waals surface area contributed by atoms with Crippen molar-refractivity contribution in [3.63, 3.8) is 0 Å². The van der Waals surface area contributed by atoms with Crippen molar-refractivity contribution in [2.75, 3.05) is 38.2 Å². The number of anilines is 1. The van der Waals surface area contributed by atoms with Gasteiger partial charge >= 0.3 is 0 Å². The van der Waals surface area contributed by atoms with Crippen LogP contribution in [0.2, 0.25) is 0 Å². The molecule has 57 heavy (non-hydrogen) atoms. The van der Waals surface area contributed by atoms with E-state index in [1.165, 1.54) is 18.6 Å². The number of likely N-dealkylation sites (tertiary alicyclic amines) is 1. The summed E-state index contributed by atoms with van der Waals surface area (Å²) in [6.07, 6.45) is 6.51. The number of likely N-dealkylation sites (N-methyl/N-ethyl adjacent to an activating group) is 1. The number of aromatic nitrogens is 3. The number of nitrogens with one attached hydrogen (secondary N) is 2. The number of ether oxygens (including phenoxy) is 1. The number of hydrogen-bond donors (Lipinski definition) is 3. The monoisotopic (exact) mass is 774 g/mol. The van der Waals surface area contributed by atoms with E-state index in [0.717, 1.165) is 83.6 Å². The summed E-state index contributed by atoms with van der Waals surface area (Å²) in [5.41, 5.74) is 12.8. The molecule has 1 atom stereocenters. The second kappa shape index (κ2) is 18.4. The second-order valence-corrected chi connectivity index (χ2v) is 15.2. The molecule has 0 saturated carbocycles. The van der Waals surface area contributed by atoms with Gasteiger partial charge in [0, 0.05) is 79.4 Å². The maximum Gasteiger partial charge on any atom is 0.254 e. The van der Waals surface area contributed by atoms with Gasteiger partial charge in [0.05, 0.1) is 23.8 Å². The van der Waals surface area contributed by atoms with E-state index in [1.807, 2.05) is 42.1 Å². The van der Waals surface area contributed by atoms with Gasteiger partial charge in [0.15, 0.2) is 5.65 Å². The number of fused-ring (bicyclic) bond motifs is 1. The Balaban J connectivity index is 1.24. The smallest absolute Gasteiger partial charge is 0.254 e. The molecule has 11 nitrogen and oxygen atoms in total. The number of hydrogen-bond acceptors (Lipinski definition) is 8. The number of primary amides is 1. The van der Waals surface area contributed by atoms with Crippen molar-refractivity contribution in [3.05, 3.63) is 112 Å². The van der Waals surface area contributed by atoms with Gasteiger partial charge in [0.2, 0.25) is 5.91 Å². The van der Waals surface area contributed by atoms with E-state index >= 15 is 4.39 Å². The lowest BCUT2D eigenvalue weighted by atomic mass is 9.99. The molecule has 3 aromatic carbocycles. The molecule has 0 bridgehead atoms. The molecule has 2 aliphatic rings. The lowest BCUT2D eigenvalue weighted by Gasteiger charge is -2.32. The van der Waals surface area contributed by atoms with E-state index < -0.39 is 5.91 Å². The molecule has 2 aromatic heterocycles. The number of rotatable bonds is 15. The van der Waals surface area contributed by atoms with Crippen LogP contribution in [0.15, 0.2) is 72.9 Å². The molecule has 0 radical (unpaired) electrons. The van der Waals surface area contributed by atoms with Crippen molar-refractivity contribution in [3.8, 4) is 11.1 Å². The van der Waals surface area contributed by atoms with Gasteiger partial charge in [-0.15, -0.1) is 0 Å². The number of carbonyl (C=O) groups excluding carboxylic acids is 2. The fourth-order valence-electron chi connectivity index (χ4n) is 8.19. The van der Waals surface area contributed by atoms with Crippen LogP contribution in [-0.4, -0.2) is 81.3 Å². The van der Waals surface area contributed by atoms with Crippen LogP contribution in [0.3, 0.4) is 0 Å². The maximum absolute atomic E-state index is 15.7. The molecule has 1 unspecified atom stereocenters. The molecule has 4 N–H and O–H groups in total. The topological polar surface area (TPSA) is 131 Å². The van der Waals surface area contributed by atoms with Crippen molar-refractivity contribution >= 4 is 28.5 Å². The van der Waals surface area contributed by atoms with Gasteiger partial charge in [-0.3, -0.25) is 9.59 Å². The summed E-state index contributed by atoms with van der Waals surface area (Å²) in [5.74, 6) is -1.23. The van der Waals surface area contributed by atoms with Gasteiger partial charge in [0.25, 0.3) is 5.91 Å². The number of nitrogens with zero attached hydrogens (tertiary/aromatic N) is 5. The standard InChI is InChI=1S/C45H55FN8O3/c1-4-41-39(42(50-35-17-20-57-21-18-35)38-26-49-54(6-3)44(38)51-41)29-53(45(56)34-13-8-12-33(24-34)43(47)55)27-31-15-16-40(46)37(23-31)32-11-7-10-30(22-32)25-48-36-14-9-19-52(5-2)28-36/h7-8,10-13,15-16,22-24,26,35-36,48H,4-6,9,14,17-21,25,27-29H2,1-3H3,(H2,47,55)(H,50,51). The van der Waals surface area contributed by atoms with E-state index in [4.69, 9.17) is 15.5 Å². The number of benzene rings is 3. The Kier molecular flexibility index (Phi) is 12.9. The number of amides is 2. The molecular weight excluding hydrogens is 720 g/mol. The van der Waals surface area contributed by atoms with Crippen molar-refractivity contribution in [1.29, 1.82) is 0 Å². The molecule has 2 aliphatic heterocycles. The first-order valence-corrected chi connectivity index (χ1v) is 20.5. The minimum atomic E-state index is -0.614. The van der Waals surface area contributed by atoms with Gasteiger partial charge in [-0.25, -0.2) is 14.1 Å². The summed E-state index contributed by atoms with van der Waals surface area (Å²) in [6.45, 7) is 12.6. The van der Waals surface area contributed by atoms with Gasteiger partial charge in [-0.2, -0.15) is 5.10 Å². The summed E-state index contributed by atoms with van der Waals surface area (Å²) < 4.78 is 23.3. The largest absolute Gasteiger partial charge is 0.381 e. The van der Waals surface area contributed by atoms with E-state index in [9.17, 15) is 9.59 Å². The summed E-state index contributed by atoms with van der Waals surface area (Å²) >= 11 is 0. The number of aryl methyl sites for hydroxylation is 2. The SMILES string of the molecule is CCc1nc2c(cnn2CC)c(NC2CCOCC2)c1CN(Cc1ccc(F)c(-c2cccc(CNC3CCCN(CC)C3)c2)c1)C(=O)c1cccc(C(N)=O)c1. The molecule has 0 aliphatic carbocycles. The zero-order valence-corrected chi connectivity index (χ0v) is 33.4. The minimum absolute atomic E-state index is 0.175. The molecule has 2 saturated heterocycles. The lowest BCUT2D eigenvalue weighted by molar-refractivity contribution is 0.0729. The first kappa shape index (κ1) is 40.0. The molecule has 4 heterocycles. The third kappa shape index (κ3) is 9.35. The van der Waals surface area contributed by atoms with Gasteiger partial charge < -0.3 is 30.9 Å². The molecule has 2 fully saturated rings.